The van der Waals surface area contributed by atoms with Crippen molar-refractivity contribution in [1.29, 1.82) is 0 Å². The van der Waals surface area contributed by atoms with Gasteiger partial charge >= 0.3 is 6.03 Å². The first kappa shape index (κ1) is 22.2. The van der Waals surface area contributed by atoms with Crippen LogP contribution in [0.3, 0.4) is 0 Å². The number of likely N-dealkylation sites (tertiary alicyclic amines) is 1. The number of benzene rings is 1. The third-order valence-electron chi connectivity index (χ3n) is 6.66. The van der Waals surface area contributed by atoms with Gasteiger partial charge < -0.3 is 20.3 Å². The van der Waals surface area contributed by atoms with Crippen LogP contribution in [-0.4, -0.2) is 83.6 Å². The molecule has 3 aromatic heterocycles. The monoisotopic (exact) mass is 492 g/mol. The Balaban J connectivity index is 1.34. The molecule has 0 spiro atoms. The van der Waals surface area contributed by atoms with Crippen molar-refractivity contribution in [1.82, 2.24) is 35.7 Å². The minimum absolute atomic E-state index is 0.121. The molecule has 3 N–H and O–H groups in total. The van der Waals surface area contributed by atoms with E-state index >= 15 is 0 Å². The summed E-state index contributed by atoms with van der Waals surface area (Å²) in [7, 11) is 1.65. The van der Waals surface area contributed by atoms with Gasteiger partial charge in [0.05, 0.1) is 35.1 Å². The highest BCUT2D eigenvalue weighted by Crippen LogP contribution is 2.36. The third-order valence-corrected chi connectivity index (χ3v) is 7.76. The topological polar surface area (TPSA) is 111 Å². The summed E-state index contributed by atoms with van der Waals surface area (Å²) in [6, 6.07) is 8.33. The fourth-order valence-corrected chi connectivity index (χ4v) is 6.04. The Hall–Kier alpha value is -3.28. The normalized spacial score (nSPS) is 19.0. The summed E-state index contributed by atoms with van der Waals surface area (Å²) in [6.07, 6.45) is 2.79. The Kier molecular flexibility index (Phi) is 5.96. The van der Waals surface area contributed by atoms with Gasteiger partial charge in [0.1, 0.15) is 0 Å². The number of thiophene rings is 1. The number of ether oxygens (including phenoxy) is 1. The zero-order chi connectivity index (χ0) is 23.8. The minimum Gasteiger partial charge on any atom is -0.378 e. The van der Waals surface area contributed by atoms with Crippen molar-refractivity contribution in [3.8, 4) is 11.4 Å². The molecule has 5 heterocycles. The zero-order valence-corrected chi connectivity index (χ0v) is 20.4. The molecule has 2 saturated heterocycles. The maximum Gasteiger partial charge on any atom is 0.314 e. The number of rotatable bonds is 5. The lowest BCUT2D eigenvalue weighted by Crippen LogP contribution is -2.41. The van der Waals surface area contributed by atoms with E-state index in [2.05, 4.69) is 42.8 Å². The molecule has 1 aromatic carbocycles. The Morgan fingerprint density at radius 3 is 3.00 bits per heavy atom. The second kappa shape index (κ2) is 9.40. The van der Waals surface area contributed by atoms with Crippen molar-refractivity contribution in [3.63, 3.8) is 0 Å². The number of fused-ring (bicyclic) bond motifs is 2. The lowest BCUT2D eigenvalue weighted by molar-refractivity contribution is 0.122. The smallest absolute Gasteiger partial charge is 0.314 e. The highest BCUT2D eigenvalue weighted by Gasteiger charge is 2.25. The number of aromatic nitrogens is 4. The summed E-state index contributed by atoms with van der Waals surface area (Å²) < 4.78 is 6.71. The Morgan fingerprint density at radius 1 is 1.26 bits per heavy atom. The molecule has 4 aromatic rings. The van der Waals surface area contributed by atoms with Crippen molar-refractivity contribution in [2.24, 2.45) is 0 Å². The van der Waals surface area contributed by atoms with Gasteiger partial charge in [-0.15, -0.1) is 11.3 Å². The maximum atomic E-state index is 11.7. The van der Waals surface area contributed by atoms with Gasteiger partial charge in [-0.1, -0.05) is 12.1 Å². The molecule has 2 aliphatic rings. The summed E-state index contributed by atoms with van der Waals surface area (Å²) in [5, 5.41) is 13.9. The summed E-state index contributed by atoms with van der Waals surface area (Å²) in [4.78, 5) is 27.7. The van der Waals surface area contributed by atoms with Crippen LogP contribution in [0.15, 0.2) is 30.5 Å². The Morgan fingerprint density at radius 2 is 2.14 bits per heavy atom. The van der Waals surface area contributed by atoms with Gasteiger partial charge in [-0.25, -0.2) is 14.8 Å². The predicted octanol–water partition coefficient (Wildman–Crippen LogP) is 2.57. The molecule has 0 bridgehead atoms. The van der Waals surface area contributed by atoms with Crippen LogP contribution < -0.4 is 15.5 Å². The number of carbonyl (C=O) groups excluding carboxylic acids is 1. The number of nitrogens with one attached hydrogen (secondary N) is 3. The number of hydrogen-bond acceptors (Lipinski definition) is 8. The molecule has 1 unspecified atom stereocenters. The van der Waals surface area contributed by atoms with E-state index in [0.717, 1.165) is 71.6 Å². The molecule has 2 amide bonds. The minimum atomic E-state index is -0.121. The van der Waals surface area contributed by atoms with Gasteiger partial charge in [0, 0.05) is 61.6 Å². The number of aromatic amines is 1. The quantitative estimate of drug-likeness (QED) is 0.393. The summed E-state index contributed by atoms with van der Waals surface area (Å²) >= 11 is 1.77. The van der Waals surface area contributed by atoms with Gasteiger partial charge in [0.2, 0.25) is 0 Å². The van der Waals surface area contributed by atoms with E-state index in [4.69, 9.17) is 14.7 Å². The molecule has 182 valence electrons. The lowest BCUT2D eigenvalue weighted by atomic mass is 10.1. The van der Waals surface area contributed by atoms with Gasteiger partial charge in [-0.05, 0) is 18.6 Å². The van der Waals surface area contributed by atoms with Gasteiger partial charge in [-0.2, -0.15) is 5.10 Å². The molecule has 1 atom stereocenters. The van der Waals surface area contributed by atoms with Gasteiger partial charge in [-0.3, -0.25) is 10.00 Å². The molecule has 0 radical (unpaired) electrons. The van der Waals surface area contributed by atoms with Crippen molar-refractivity contribution >= 4 is 44.3 Å². The number of nitrogens with zero attached hydrogens (tertiary/aromatic N) is 5. The molecule has 2 aliphatic heterocycles. The van der Waals surface area contributed by atoms with Gasteiger partial charge in [0.15, 0.2) is 11.6 Å². The molecule has 35 heavy (non-hydrogen) atoms. The van der Waals surface area contributed by atoms with E-state index in [1.807, 2.05) is 18.3 Å². The second-order valence-corrected chi connectivity index (χ2v) is 10.1. The van der Waals surface area contributed by atoms with E-state index in [1.54, 1.807) is 18.4 Å². The molecule has 0 aliphatic carbocycles. The Bertz CT molecular complexity index is 1360. The number of hydrogen-bond donors (Lipinski definition) is 3. The molecule has 2 fully saturated rings. The Labute approximate surface area is 206 Å². The average molecular weight is 493 g/mol. The zero-order valence-electron chi connectivity index (χ0n) is 19.6. The number of morpholine rings is 1. The second-order valence-electron chi connectivity index (χ2n) is 8.98. The van der Waals surface area contributed by atoms with Crippen molar-refractivity contribution in [2.45, 2.75) is 19.0 Å². The fraction of sp³-hybridized carbons (Fsp3) is 0.417. The van der Waals surface area contributed by atoms with Crippen LogP contribution in [0.4, 0.5) is 10.6 Å². The molecule has 6 rings (SSSR count). The molecule has 0 saturated carbocycles. The van der Waals surface area contributed by atoms with Crippen LogP contribution in [-0.2, 0) is 11.3 Å². The molecule has 11 heteroatoms. The van der Waals surface area contributed by atoms with Gasteiger partial charge in [0.25, 0.3) is 0 Å². The van der Waals surface area contributed by atoms with Crippen LogP contribution in [0.5, 0.6) is 0 Å². The molecular formula is C24H28N8O2S. The molecule has 10 nitrogen and oxygen atoms in total. The van der Waals surface area contributed by atoms with E-state index in [0.29, 0.717) is 19.0 Å². The van der Waals surface area contributed by atoms with E-state index in [-0.39, 0.29) is 12.1 Å². The lowest BCUT2D eigenvalue weighted by Gasteiger charge is -2.28. The van der Waals surface area contributed by atoms with Crippen LogP contribution in [0, 0.1) is 0 Å². The summed E-state index contributed by atoms with van der Waals surface area (Å²) in [6.45, 7) is 5.66. The van der Waals surface area contributed by atoms with E-state index in [9.17, 15) is 4.79 Å². The number of carbonyl (C=O) groups is 1. The fourth-order valence-electron chi connectivity index (χ4n) is 4.89. The van der Waals surface area contributed by atoms with Crippen LogP contribution in [0.1, 0.15) is 11.3 Å². The summed E-state index contributed by atoms with van der Waals surface area (Å²) in [5.74, 6) is 1.69. The van der Waals surface area contributed by atoms with E-state index < -0.39 is 0 Å². The highest BCUT2D eigenvalue weighted by molar-refractivity contribution is 7.19. The molecular weight excluding hydrogens is 464 g/mol. The average Bonchev–Trinajstić information content (AvgIpc) is 3.63. The van der Waals surface area contributed by atoms with E-state index in [1.165, 1.54) is 4.88 Å². The van der Waals surface area contributed by atoms with Crippen LogP contribution >= 0.6 is 11.3 Å². The van der Waals surface area contributed by atoms with Crippen molar-refractivity contribution in [3.05, 3.63) is 35.3 Å². The summed E-state index contributed by atoms with van der Waals surface area (Å²) in [5.41, 5.74) is 2.92. The first-order chi connectivity index (χ1) is 17.2. The first-order valence-corrected chi connectivity index (χ1v) is 12.8. The number of amides is 2. The first-order valence-electron chi connectivity index (χ1n) is 11.9. The van der Waals surface area contributed by atoms with Crippen LogP contribution in [0.25, 0.3) is 32.5 Å². The van der Waals surface area contributed by atoms with Crippen molar-refractivity contribution < 1.29 is 9.53 Å². The van der Waals surface area contributed by atoms with Crippen LogP contribution in [0.2, 0.25) is 0 Å². The van der Waals surface area contributed by atoms with Crippen molar-refractivity contribution in [2.75, 3.05) is 51.3 Å². The third kappa shape index (κ3) is 4.42. The number of anilines is 1. The maximum absolute atomic E-state index is 11.7. The largest absolute Gasteiger partial charge is 0.378 e. The standard InChI is InChI=1S/C24H28N8O2S/c1-25-24(33)27-15-5-6-31(13-15)14-16-11-20-21(35-16)23(32-7-9-34-10-8-32)29-22(28-20)17-3-2-4-19-18(17)12-26-30-19/h2-4,11-12,15H,5-10,13-14H2,1H3,(H,26,30)(H2,25,27,33). The number of H-pyrrole nitrogens is 1. The SMILES string of the molecule is CNC(=O)NC1CCN(Cc2cc3nc(-c4cccc5[nH]ncc45)nc(N4CCOCC4)c3s2)C1. The number of urea groups is 1. The highest BCUT2D eigenvalue weighted by atomic mass is 32.1. The predicted molar refractivity (Wildman–Crippen MR) is 137 cm³/mol.